The van der Waals surface area contributed by atoms with E-state index in [0.717, 1.165) is 5.56 Å². The number of carbonyl (C=O) groups is 1. The van der Waals surface area contributed by atoms with Crippen molar-refractivity contribution in [3.63, 3.8) is 0 Å². The molecular formula is C20H26ClN3O3S. The summed E-state index contributed by atoms with van der Waals surface area (Å²) >= 11 is 5.99. The first-order chi connectivity index (χ1) is 13.1. The molecule has 8 heteroatoms. The fourth-order valence-electron chi connectivity index (χ4n) is 2.50. The summed E-state index contributed by atoms with van der Waals surface area (Å²) in [6.07, 6.45) is 0. The van der Waals surface area contributed by atoms with E-state index in [0.29, 0.717) is 10.7 Å². The van der Waals surface area contributed by atoms with Crippen LogP contribution in [0.2, 0.25) is 5.02 Å². The molecule has 2 aromatic rings. The van der Waals surface area contributed by atoms with Gasteiger partial charge in [-0.25, -0.2) is 8.42 Å². The summed E-state index contributed by atoms with van der Waals surface area (Å²) in [6, 6.07) is 13.4. The van der Waals surface area contributed by atoms with Crippen LogP contribution in [-0.2, 0) is 14.8 Å². The fourth-order valence-corrected chi connectivity index (χ4v) is 4.07. The molecule has 2 rings (SSSR count). The van der Waals surface area contributed by atoms with Gasteiger partial charge >= 0.3 is 0 Å². The van der Waals surface area contributed by atoms with E-state index in [-0.39, 0.29) is 29.4 Å². The maximum Gasteiger partial charge on any atom is 0.243 e. The molecule has 0 fully saturated rings. The van der Waals surface area contributed by atoms with E-state index >= 15 is 0 Å². The number of anilines is 1. The van der Waals surface area contributed by atoms with E-state index < -0.39 is 10.0 Å². The molecule has 2 aromatic carbocycles. The van der Waals surface area contributed by atoms with Crippen molar-refractivity contribution < 1.29 is 13.2 Å². The van der Waals surface area contributed by atoms with E-state index in [4.69, 9.17) is 11.6 Å². The van der Waals surface area contributed by atoms with Gasteiger partial charge in [0.15, 0.2) is 0 Å². The average molecular weight is 424 g/mol. The Balaban J connectivity index is 1.94. The molecule has 0 radical (unpaired) electrons. The molecule has 0 aromatic heterocycles. The molecule has 0 spiro atoms. The van der Waals surface area contributed by atoms with Crippen LogP contribution in [0.5, 0.6) is 0 Å². The summed E-state index contributed by atoms with van der Waals surface area (Å²) in [5, 5.41) is 6.54. The van der Waals surface area contributed by atoms with Gasteiger partial charge in [0.25, 0.3) is 0 Å². The number of nitrogens with zero attached hydrogens (tertiary/aromatic N) is 1. The SMILES string of the molecule is CC(C)N(C)S(=O)(=O)c1ccc(NC(=O)CN[C@H](C)c2cccc(Cl)c2)cc1. The largest absolute Gasteiger partial charge is 0.325 e. The summed E-state index contributed by atoms with van der Waals surface area (Å²) in [5.74, 6) is -0.219. The second-order valence-corrected chi connectivity index (χ2v) is 9.28. The number of sulfonamides is 1. The summed E-state index contributed by atoms with van der Waals surface area (Å²) < 4.78 is 26.2. The summed E-state index contributed by atoms with van der Waals surface area (Å²) in [5.41, 5.74) is 1.53. The zero-order valence-corrected chi connectivity index (χ0v) is 18.0. The second-order valence-electron chi connectivity index (χ2n) is 6.85. The van der Waals surface area contributed by atoms with Gasteiger partial charge in [-0.1, -0.05) is 23.7 Å². The lowest BCUT2D eigenvalue weighted by molar-refractivity contribution is -0.115. The van der Waals surface area contributed by atoms with Gasteiger partial charge in [-0.15, -0.1) is 0 Å². The van der Waals surface area contributed by atoms with Crippen molar-refractivity contribution in [2.45, 2.75) is 37.8 Å². The minimum atomic E-state index is -3.54. The van der Waals surface area contributed by atoms with Crippen LogP contribution in [-0.4, -0.2) is 38.3 Å². The third-order valence-corrected chi connectivity index (χ3v) is 6.74. The van der Waals surface area contributed by atoms with Crippen molar-refractivity contribution in [3.8, 4) is 0 Å². The number of halogens is 1. The third-order valence-electron chi connectivity index (χ3n) is 4.46. The monoisotopic (exact) mass is 423 g/mol. The molecule has 0 heterocycles. The van der Waals surface area contributed by atoms with Gasteiger partial charge in [-0.05, 0) is 62.7 Å². The average Bonchev–Trinajstić information content (AvgIpc) is 2.65. The van der Waals surface area contributed by atoms with Crippen molar-refractivity contribution in [2.75, 3.05) is 18.9 Å². The highest BCUT2D eigenvalue weighted by molar-refractivity contribution is 7.89. The van der Waals surface area contributed by atoms with E-state index in [1.165, 1.54) is 16.4 Å². The van der Waals surface area contributed by atoms with Gasteiger partial charge in [-0.2, -0.15) is 4.31 Å². The minimum Gasteiger partial charge on any atom is -0.325 e. The van der Waals surface area contributed by atoms with Crippen molar-refractivity contribution in [3.05, 3.63) is 59.1 Å². The normalized spacial score (nSPS) is 13.0. The predicted molar refractivity (Wildman–Crippen MR) is 113 cm³/mol. The lowest BCUT2D eigenvalue weighted by atomic mass is 10.1. The van der Waals surface area contributed by atoms with E-state index in [1.807, 2.05) is 39.0 Å². The second kappa shape index (κ2) is 9.52. The Morgan fingerprint density at radius 1 is 1.11 bits per heavy atom. The van der Waals surface area contributed by atoms with Crippen LogP contribution in [0.4, 0.5) is 5.69 Å². The molecule has 0 saturated heterocycles. The van der Waals surface area contributed by atoms with Crippen LogP contribution >= 0.6 is 11.6 Å². The standard InChI is InChI=1S/C20H26ClN3O3S/c1-14(2)24(4)28(26,27)19-10-8-18(9-11-19)23-20(25)13-22-15(3)16-6-5-7-17(21)12-16/h5-12,14-15,22H,13H2,1-4H3,(H,23,25)/t15-/m1/s1. The van der Waals surface area contributed by atoms with E-state index in [9.17, 15) is 13.2 Å². The number of nitrogens with one attached hydrogen (secondary N) is 2. The van der Waals surface area contributed by atoms with Gasteiger partial charge in [0.05, 0.1) is 11.4 Å². The fraction of sp³-hybridized carbons (Fsp3) is 0.350. The molecule has 0 bridgehead atoms. The third kappa shape index (κ3) is 5.78. The maximum absolute atomic E-state index is 12.5. The molecule has 1 atom stereocenters. The zero-order chi connectivity index (χ0) is 20.9. The lowest BCUT2D eigenvalue weighted by Gasteiger charge is -2.21. The van der Waals surface area contributed by atoms with Crippen LogP contribution in [0.25, 0.3) is 0 Å². The molecule has 0 aliphatic carbocycles. The number of amides is 1. The number of benzene rings is 2. The highest BCUT2D eigenvalue weighted by Gasteiger charge is 2.22. The lowest BCUT2D eigenvalue weighted by Crippen LogP contribution is -2.33. The molecule has 6 nitrogen and oxygen atoms in total. The Morgan fingerprint density at radius 2 is 1.75 bits per heavy atom. The molecular weight excluding hydrogens is 398 g/mol. The van der Waals surface area contributed by atoms with Crippen LogP contribution < -0.4 is 10.6 Å². The first-order valence-corrected chi connectivity index (χ1v) is 10.8. The van der Waals surface area contributed by atoms with Crippen LogP contribution in [0, 0.1) is 0 Å². The number of hydrogen-bond donors (Lipinski definition) is 2. The summed E-state index contributed by atoms with van der Waals surface area (Å²) in [7, 11) is -2.00. The molecule has 1 amide bonds. The Kier molecular flexibility index (Phi) is 7.60. The highest BCUT2D eigenvalue weighted by atomic mass is 35.5. The predicted octanol–water partition coefficient (Wildman–Crippen LogP) is 3.66. The minimum absolute atomic E-state index is 0.0384. The molecule has 0 aliphatic heterocycles. The van der Waals surface area contributed by atoms with Gasteiger partial charge < -0.3 is 10.6 Å². The molecule has 28 heavy (non-hydrogen) atoms. The molecule has 152 valence electrons. The topological polar surface area (TPSA) is 78.5 Å². The smallest absolute Gasteiger partial charge is 0.243 e. The Morgan fingerprint density at radius 3 is 2.32 bits per heavy atom. The van der Waals surface area contributed by atoms with Crippen molar-refractivity contribution in [1.29, 1.82) is 0 Å². The number of hydrogen-bond acceptors (Lipinski definition) is 4. The number of rotatable bonds is 8. The molecule has 0 aliphatic rings. The zero-order valence-electron chi connectivity index (χ0n) is 16.4. The van der Waals surface area contributed by atoms with Crippen molar-refractivity contribution in [2.24, 2.45) is 0 Å². The first kappa shape index (κ1) is 22.4. The van der Waals surface area contributed by atoms with Gasteiger partial charge in [0, 0.05) is 29.8 Å². The Bertz CT molecular complexity index is 915. The van der Waals surface area contributed by atoms with Crippen LogP contribution in [0.3, 0.4) is 0 Å². The summed E-state index contributed by atoms with van der Waals surface area (Å²) in [6.45, 7) is 5.68. The van der Waals surface area contributed by atoms with Crippen molar-refractivity contribution >= 4 is 33.2 Å². The van der Waals surface area contributed by atoms with Crippen LogP contribution in [0.1, 0.15) is 32.4 Å². The van der Waals surface area contributed by atoms with Crippen LogP contribution in [0.15, 0.2) is 53.4 Å². The quantitative estimate of drug-likeness (QED) is 0.679. The van der Waals surface area contributed by atoms with E-state index in [1.54, 1.807) is 25.2 Å². The van der Waals surface area contributed by atoms with E-state index in [2.05, 4.69) is 10.6 Å². The number of carbonyl (C=O) groups excluding carboxylic acids is 1. The molecule has 0 saturated carbocycles. The maximum atomic E-state index is 12.5. The Labute approximate surface area is 171 Å². The Hall–Kier alpha value is -1.93. The van der Waals surface area contributed by atoms with Gasteiger partial charge in [0.2, 0.25) is 15.9 Å². The molecule has 2 N–H and O–H groups in total. The van der Waals surface area contributed by atoms with Gasteiger partial charge in [-0.3, -0.25) is 4.79 Å². The highest BCUT2D eigenvalue weighted by Crippen LogP contribution is 2.19. The summed E-state index contributed by atoms with van der Waals surface area (Å²) in [4.78, 5) is 12.4. The van der Waals surface area contributed by atoms with Gasteiger partial charge in [0.1, 0.15) is 0 Å². The first-order valence-electron chi connectivity index (χ1n) is 8.98. The molecule has 0 unspecified atom stereocenters. The van der Waals surface area contributed by atoms with Crippen molar-refractivity contribution in [1.82, 2.24) is 9.62 Å².